The molecule has 1 fully saturated rings. The minimum absolute atomic E-state index is 0.192. The van der Waals surface area contributed by atoms with E-state index in [0.717, 1.165) is 33.1 Å². The smallest absolute Gasteiger partial charge is 0.0636 e. The lowest BCUT2D eigenvalue weighted by Crippen LogP contribution is -2.14. The topological polar surface area (TPSA) is 46.2 Å². The largest absolute Gasteiger partial charge is 0.399 e. The van der Waals surface area contributed by atoms with Crippen LogP contribution in [0.3, 0.4) is 0 Å². The lowest BCUT2D eigenvalue weighted by atomic mass is 10.0. The van der Waals surface area contributed by atoms with E-state index in [-0.39, 0.29) is 6.10 Å². The van der Waals surface area contributed by atoms with Gasteiger partial charge in [0.15, 0.2) is 0 Å². The van der Waals surface area contributed by atoms with Crippen molar-refractivity contribution < 1.29 is 5.11 Å². The van der Waals surface area contributed by atoms with Crippen LogP contribution in [0.25, 0.3) is 0 Å². The Morgan fingerprint density at radius 2 is 2.11 bits per heavy atom. The van der Waals surface area contributed by atoms with Gasteiger partial charge in [0.1, 0.15) is 0 Å². The molecule has 0 aromatic heterocycles. The van der Waals surface area contributed by atoms with Crippen molar-refractivity contribution in [3.63, 3.8) is 0 Å². The SMILES string of the molecule is Nc1ccc(SCC(O)CC2CCCC2)c(Br)c1. The average Bonchev–Trinajstić information content (AvgIpc) is 2.80. The van der Waals surface area contributed by atoms with Crippen LogP contribution < -0.4 is 5.73 Å². The van der Waals surface area contributed by atoms with Crippen molar-refractivity contribution in [2.24, 2.45) is 5.92 Å². The van der Waals surface area contributed by atoms with Crippen LogP contribution in [0.15, 0.2) is 27.6 Å². The Kier molecular flexibility index (Phi) is 5.39. The molecule has 3 N–H and O–H groups in total. The number of nitrogens with two attached hydrogens (primary N) is 1. The molecule has 0 radical (unpaired) electrons. The predicted molar refractivity (Wildman–Crippen MR) is 81.9 cm³/mol. The van der Waals surface area contributed by atoms with E-state index < -0.39 is 0 Å². The van der Waals surface area contributed by atoms with Crippen LogP contribution in [-0.2, 0) is 0 Å². The maximum Gasteiger partial charge on any atom is 0.0636 e. The maximum absolute atomic E-state index is 10.1. The molecule has 1 aromatic rings. The van der Waals surface area contributed by atoms with Crippen molar-refractivity contribution in [2.45, 2.75) is 43.1 Å². The summed E-state index contributed by atoms with van der Waals surface area (Å²) >= 11 is 5.20. The van der Waals surface area contributed by atoms with E-state index in [0.29, 0.717) is 0 Å². The summed E-state index contributed by atoms with van der Waals surface area (Å²) in [5.41, 5.74) is 6.47. The quantitative estimate of drug-likeness (QED) is 0.632. The molecule has 100 valence electrons. The highest BCUT2D eigenvalue weighted by atomic mass is 79.9. The summed E-state index contributed by atoms with van der Waals surface area (Å²) < 4.78 is 1.01. The second-order valence-electron chi connectivity index (χ2n) is 5.04. The summed E-state index contributed by atoms with van der Waals surface area (Å²) in [6, 6.07) is 5.81. The Labute approximate surface area is 121 Å². The molecule has 0 bridgehead atoms. The summed E-state index contributed by atoms with van der Waals surface area (Å²) in [6.45, 7) is 0. The number of halogens is 1. The van der Waals surface area contributed by atoms with Crippen molar-refractivity contribution >= 4 is 33.4 Å². The van der Waals surface area contributed by atoms with Crippen molar-refractivity contribution in [3.8, 4) is 0 Å². The van der Waals surface area contributed by atoms with Gasteiger partial charge in [-0.1, -0.05) is 25.7 Å². The van der Waals surface area contributed by atoms with E-state index in [1.54, 1.807) is 11.8 Å². The first-order chi connectivity index (χ1) is 8.65. The second kappa shape index (κ2) is 6.83. The molecule has 0 saturated heterocycles. The minimum Gasteiger partial charge on any atom is -0.399 e. The van der Waals surface area contributed by atoms with Crippen LogP contribution in [0.1, 0.15) is 32.1 Å². The molecule has 1 unspecified atom stereocenters. The number of anilines is 1. The number of hydrogen-bond acceptors (Lipinski definition) is 3. The number of thioether (sulfide) groups is 1. The highest BCUT2D eigenvalue weighted by molar-refractivity contribution is 9.10. The van der Waals surface area contributed by atoms with Gasteiger partial charge in [-0.25, -0.2) is 0 Å². The monoisotopic (exact) mass is 329 g/mol. The number of hydrogen-bond donors (Lipinski definition) is 2. The fourth-order valence-electron chi connectivity index (χ4n) is 2.52. The van der Waals surface area contributed by atoms with E-state index >= 15 is 0 Å². The normalized spacial score (nSPS) is 18.1. The molecule has 0 aliphatic heterocycles. The van der Waals surface area contributed by atoms with Gasteiger partial charge in [0, 0.05) is 20.8 Å². The summed E-state index contributed by atoms with van der Waals surface area (Å²) in [4.78, 5) is 1.15. The number of rotatable bonds is 5. The average molecular weight is 330 g/mol. The predicted octanol–water partition coefficient (Wildman–Crippen LogP) is 4.06. The third-order valence-corrected chi connectivity index (χ3v) is 5.60. The minimum atomic E-state index is -0.192. The highest BCUT2D eigenvalue weighted by Crippen LogP contribution is 2.32. The van der Waals surface area contributed by atoms with Crippen LogP contribution in [0.5, 0.6) is 0 Å². The highest BCUT2D eigenvalue weighted by Gasteiger charge is 2.19. The van der Waals surface area contributed by atoms with Crippen LogP contribution >= 0.6 is 27.7 Å². The zero-order chi connectivity index (χ0) is 13.0. The summed E-state index contributed by atoms with van der Waals surface area (Å²) in [6.07, 6.45) is 6.05. The zero-order valence-electron chi connectivity index (χ0n) is 10.4. The van der Waals surface area contributed by atoms with Crippen molar-refractivity contribution in [1.82, 2.24) is 0 Å². The molecule has 1 saturated carbocycles. The molecule has 1 atom stereocenters. The molecule has 2 rings (SSSR count). The zero-order valence-corrected chi connectivity index (χ0v) is 12.8. The lowest BCUT2D eigenvalue weighted by Gasteiger charge is -2.15. The molecular weight excluding hydrogens is 310 g/mol. The van der Waals surface area contributed by atoms with E-state index in [2.05, 4.69) is 15.9 Å². The van der Waals surface area contributed by atoms with Crippen LogP contribution in [0, 0.1) is 5.92 Å². The molecular formula is C14H20BrNOS. The molecule has 1 aromatic carbocycles. The number of benzene rings is 1. The second-order valence-corrected chi connectivity index (χ2v) is 6.96. The van der Waals surface area contributed by atoms with Crippen LogP contribution in [-0.4, -0.2) is 17.0 Å². The molecule has 1 aliphatic carbocycles. The van der Waals surface area contributed by atoms with Gasteiger partial charge < -0.3 is 10.8 Å². The molecule has 2 nitrogen and oxygen atoms in total. The third kappa shape index (κ3) is 4.18. The van der Waals surface area contributed by atoms with E-state index in [9.17, 15) is 5.11 Å². The Morgan fingerprint density at radius 1 is 1.39 bits per heavy atom. The van der Waals surface area contributed by atoms with Crippen molar-refractivity contribution in [1.29, 1.82) is 0 Å². The van der Waals surface area contributed by atoms with Crippen LogP contribution in [0.2, 0.25) is 0 Å². The Morgan fingerprint density at radius 3 is 2.78 bits per heavy atom. The van der Waals surface area contributed by atoms with E-state index in [4.69, 9.17) is 5.73 Å². The maximum atomic E-state index is 10.1. The first kappa shape index (κ1) is 14.2. The van der Waals surface area contributed by atoms with Crippen LogP contribution in [0.4, 0.5) is 5.69 Å². The molecule has 18 heavy (non-hydrogen) atoms. The standard InChI is InChI=1S/C14H20BrNOS/c15-13-8-11(16)5-6-14(13)18-9-12(17)7-10-3-1-2-4-10/h5-6,8,10,12,17H,1-4,7,9,16H2. The fraction of sp³-hybridized carbons (Fsp3) is 0.571. The molecule has 0 heterocycles. The summed E-state index contributed by atoms with van der Waals surface area (Å²) in [5, 5.41) is 10.1. The van der Waals surface area contributed by atoms with Gasteiger partial charge in [0.2, 0.25) is 0 Å². The number of aliphatic hydroxyl groups excluding tert-OH is 1. The van der Waals surface area contributed by atoms with Gasteiger partial charge in [-0.15, -0.1) is 11.8 Å². The van der Waals surface area contributed by atoms with Gasteiger partial charge in [0.05, 0.1) is 6.10 Å². The van der Waals surface area contributed by atoms with E-state index in [1.807, 2.05) is 18.2 Å². The first-order valence-corrected chi connectivity index (χ1v) is 8.29. The Hall–Kier alpha value is -0.190. The van der Waals surface area contributed by atoms with Crippen molar-refractivity contribution in [3.05, 3.63) is 22.7 Å². The van der Waals surface area contributed by atoms with E-state index in [1.165, 1.54) is 25.7 Å². The van der Waals surface area contributed by atoms with Gasteiger partial charge in [-0.05, 0) is 46.5 Å². The van der Waals surface area contributed by atoms with Gasteiger partial charge in [-0.2, -0.15) is 0 Å². The Balaban J connectivity index is 1.79. The molecule has 4 heteroatoms. The van der Waals surface area contributed by atoms with Gasteiger partial charge >= 0.3 is 0 Å². The fourth-order valence-corrected chi connectivity index (χ4v) is 4.13. The number of nitrogen functional groups attached to an aromatic ring is 1. The Bertz CT molecular complexity index is 393. The lowest BCUT2D eigenvalue weighted by molar-refractivity contribution is 0.166. The summed E-state index contributed by atoms with van der Waals surface area (Å²) in [5.74, 6) is 1.51. The molecule has 0 spiro atoms. The van der Waals surface area contributed by atoms with Crippen molar-refractivity contribution in [2.75, 3.05) is 11.5 Å². The molecule has 1 aliphatic rings. The first-order valence-electron chi connectivity index (χ1n) is 6.51. The van der Waals surface area contributed by atoms with Gasteiger partial charge in [0.25, 0.3) is 0 Å². The third-order valence-electron chi connectivity index (χ3n) is 3.47. The number of aliphatic hydroxyl groups is 1. The molecule has 0 amide bonds. The summed E-state index contributed by atoms with van der Waals surface area (Å²) in [7, 11) is 0. The van der Waals surface area contributed by atoms with Gasteiger partial charge in [-0.3, -0.25) is 0 Å².